The molecule has 0 saturated heterocycles. The zero-order chi connectivity index (χ0) is 12.7. The highest BCUT2D eigenvalue weighted by atomic mass is 35.5. The SMILES string of the molecule is C=Cc1cnc2ccc(CCl)cc2c1.CCC. The Bertz CT molecular complexity index is 491. The fourth-order valence-electron chi connectivity index (χ4n) is 1.39. The van der Waals surface area contributed by atoms with Crippen LogP contribution in [0.2, 0.25) is 0 Å². The molecule has 1 aromatic heterocycles. The number of pyridine rings is 1. The lowest BCUT2D eigenvalue weighted by atomic mass is 10.1. The van der Waals surface area contributed by atoms with E-state index in [1.54, 1.807) is 6.08 Å². The van der Waals surface area contributed by atoms with Gasteiger partial charge in [0.1, 0.15) is 0 Å². The largest absolute Gasteiger partial charge is 0.256 e. The Labute approximate surface area is 108 Å². The van der Waals surface area contributed by atoms with Crippen LogP contribution in [-0.4, -0.2) is 4.98 Å². The van der Waals surface area contributed by atoms with Crippen molar-refractivity contribution >= 4 is 28.6 Å². The lowest BCUT2D eigenvalue weighted by Gasteiger charge is -2.00. The Morgan fingerprint density at radius 2 is 2.00 bits per heavy atom. The van der Waals surface area contributed by atoms with Crippen molar-refractivity contribution in [3.8, 4) is 0 Å². The predicted octanol–water partition coefficient (Wildman–Crippen LogP) is 5.03. The van der Waals surface area contributed by atoms with Gasteiger partial charge in [-0.2, -0.15) is 0 Å². The number of hydrogen-bond donors (Lipinski definition) is 0. The molecule has 1 aromatic carbocycles. The molecule has 0 amide bonds. The van der Waals surface area contributed by atoms with Gasteiger partial charge in [0, 0.05) is 17.5 Å². The highest BCUT2D eigenvalue weighted by Crippen LogP contribution is 2.17. The van der Waals surface area contributed by atoms with Gasteiger partial charge in [-0.1, -0.05) is 39.0 Å². The average molecular weight is 248 g/mol. The van der Waals surface area contributed by atoms with Gasteiger partial charge in [0.2, 0.25) is 0 Å². The van der Waals surface area contributed by atoms with Gasteiger partial charge >= 0.3 is 0 Å². The molecule has 2 aromatic rings. The Balaban J connectivity index is 0.000000437. The molecule has 0 spiro atoms. The second-order valence-corrected chi connectivity index (χ2v) is 4.11. The van der Waals surface area contributed by atoms with Crippen molar-refractivity contribution in [2.75, 3.05) is 0 Å². The molecule has 2 rings (SSSR count). The number of nitrogens with zero attached hydrogens (tertiary/aromatic N) is 1. The summed E-state index contributed by atoms with van der Waals surface area (Å²) in [6, 6.07) is 8.10. The monoisotopic (exact) mass is 247 g/mol. The van der Waals surface area contributed by atoms with Crippen LogP contribution >= 0.6 is 11.6 Å². The van der Waals surface area contributed by atoms with Crippen LogP contribution in [0, 0.1) is 0 Å². The minimum absolute atomic E-state index is 0.536. The third-order valence-corrected chi connectivity index (χ3v) is 2.47. The van der Waals surface area contributed by atoms with Gasteiger partial charge in [-0.15, -0.1) is 11.6 Å². The molecular formula is C15H18ClN. The normalized spacial score (nSPS) is 9.59. The van der Waals surface area contributed by atoms with Gasteiger partial charge < -0.3 is 0 Å². The molecule has 0 aliphatic heterocycles. The van der Waals surface area contributed by atoms with Crippen molar-refractivity contribution in [2.24, 2.45) is 0 Å². The average Bonchev–Trinajstić information content (AvgIpc) is 2.38. The van der Waals surface area contributed by atoms with Crippen molar-refractivity contribution in [2.45, 2.75) is 26.1 Å². The first-order valence-corrected chi connectivity index (χ1v) is 6.35. The Kier molecular flexibility index (Phi) is 5.71. The zero-order valence-electron chi connectivity index (χ0n) is 10.4. The number of aromatic nitrogens is 1. The summed E-state index contributed by atoms with van der Waals surface area (Å²) in [6.07, 6.45) is 4.86. The summed E-state index contributed by atoms with van der Waals surface area (Å²) in [5.74, 6) is 0.536. The first-order chi connectivity index (χ1) is 8.24. The first-order valence-electron chi connectivity index (χ1n) is 5.82. The summed E-state index contributed by atoms with van der Waals surface area (Å²) >= 11 is 5.76. The summed E-state index contributed by atoms with van der Waals surface area (Å²) in [5.41, 5.74) is 3.14. The molecule has 2 heteroatoms. The molecule has 0 radical (unpaired) electrons. The van der Waals surface area contributed by atoms with Crippen LogP contribution in [0.4, 0.5) is 0 Å². The van der Waals surface area contributed by atoms with E-state index in [0.717, 1.165) is 22.0 Å². The fraction of sp³-hybridized carbons (Fsp3) is 0.267. The van der Waals surface area contributed by atoms with E-state index in [0.29, 0.717) is 5.88 Å². The molecule has 0 aliphatic carbocycles. The Morgan fingerprint density at radius 3 is 2.59 bits per heavy atom. The van der Waals surface area contributed by atoms with E-state index in [4.69, 9.17) is 11.6 Å². The Morgan fingerprint density at radius 1 is 1.29 bits per heavy atom. The number of halogens is 1. The molecule has 0 fully saturated rings. The van der Waals surface area contributed by atoms with Gasteiger partial charge in [0.25, 0.3) is 0 Å². The van der Waals surface area contributed by atoms with Crippen molar-refractivity contribution in [1.29, 1.82) is 0 Å². The van der Waals surface area contributed by atoms with Crippen LogP contribution in [0.25, 0.3) is 17.0 Å². The smallest absolute Gasteiger partial charge is 0.0702 e. The van der Waals surface area contributed by atoms with Crippen molar-refractivity contribution in [1.82, 2.24) is 4.98 Å². The standard InChI is InChI=1S/C12H10ClN.C3H8/c1-2-9-5-11-6-10(7-13)3-4-12(11)14-8-9;1-3-2/h2-6,8H,1,7H2;3H2,1-2H3. The van der Waals surface area contributed by atoms with E-state index in [1.165, 1.54) is 6.42 Å². The van der Waals surface area contributed by atoms with E-state index >= 15 is 0 Å². The first kappa shape index (κ1) is 13.7. The molecule has 1 nitrogen and oxygen atoms in total. The lowest BCUT2D eigenvalue weighted by molar-refractivity contribution is 1.09. The van der Waals surface area contributed by atoms with E-state index in [2.05, 4.69) is 37.5 Å². The fourth-order valence-corrected chi connectivity index (χ4v) is 1.56. The zero-order valence-corrected chi connectivity index (χ0v) is 11.2. The number of benzene rings is 1. The summed E-state index contributed by atoms with van der Waals surface area (Å²) in [7, 11) is 0. The van der Waals surface area contributed by atoms with Crippen molar-refractivity contribution in [3.63, 3.8) is 0 Å². The van der Waals surface area contributed by atoms with Crippen LogP contribution in [0.3, 0.4) is 0 Å². The maximum Gasteiger partial charge on any atom is 0.0702 e. The molecule has 0 unspecified atom stereocenters. The van der Waals surface area contributed by atoms with Gasteiger partial charge in [0.15, 0.2) is 0 Å². The van der Waals surface area contributed by atoms with Gasteiger partial charge in [-0.3, -0.25) is 4.98 Å². The molecule has 0 N–H and O–H groups in total. The molecule has 0 atom stereocenters. The van der Waals surface area contributed by atoms with Gasteiger partial charge in [-0.05, 0) is 29.3 Å². The van der Waals surface area contributed by atoms with Gasteiger partial charge in [0.05, 0.1) is 5.52 Å². The highest BCUT2D eigenvalue weighted by molar-refractivity contribution is 6.17. The highest BCUT2D eigenvalue weighted by Gasteiger charge is 1.97. The molecule has 0 aliphatic rings. The minimum Gasteiger partial charge on any atom is -0.256 e. The van der Waals surface area contributed by atoms with Crippen LogP contribution in [0.1, 0.15) is 31.4 Å². The topological polar surface area (TPSA) is 12.9 Å². The lowest BCUT2D eigenvalue weighted by Crippen LogP contribution is -1.83. The second-order valence-electron chi connectivity index (χ2n) is 3.84. The Hall–Kier alpha value is -1.34. The minimum atomic E-state index is 0.536. The molecule has 17 heavy (non-hydrogen) atoms. The third kappa shape index (κ3) is 3.86. The van der Waals surface area contributed by atoms with Gasteiger partial charge in [-0.25, -0.2) is 0 Å². The summed E-state index contributed by atoms with van der Waals surface area (Å²) < 4.78 is 0. The number of alkyl halides is 1. The summed E-state index contributed by atoms with van der Waals surface area (Å²) in [5, 5.41) is 1.11. The maximum absolute atomic E-state index is 5.76. The summed E-state index contributed by atoms with van der Waals surface area (Å²) in [6.45, 7) is 7.96. The molecule has 90 valence electrons. The van der Waals surface area contributed by atoms with Crippen LogP contribution in [-0.2, 0) is 5.88 Å². The number of rotatable bonds is 2. The molecule has 0 saturated carbocycles. The molecule has 1 heterocycles. The second kappa shape index (κ2) is 7.08. The third-order valence-electron chi connectivity index (χ3n) is 2.16. The summed E-state index contributed by atoms with van der Waals surface area (Å²) in [4.78, 5) is 4.31. The molecule has 0 bridgehead atoms. The quantitative estimate of drug-likeness (QED) is 0.678. The van der Waals surface area contributed by atoms with Crippen LogP contribution in [0.15, 0.2) is 37.0 Å². The van der Waals surface area contributed by atoms with Crippen molar-refractivity contribution < 1.29 is 0 Å². The van der Waals surface area contributed by atoms with E-state index in [1.807, 2.05) is 18.3 Å². The van der Waals surface area contributed by atoms with Crippen LogP contribution in [0.5, 0.6) is 0 Å². The van der Waals surface area contributed by atoms with E-state index < -0.39 is 0 Å². The van der Waals surface area contributed by atoms with E-state index in [-0.39, 0.29) is 0 Å². The predicted molar refractivity (Wildman–Crippen MR) is 77.4 cm³/mol. The van der Waals surface area contributed by atoms with Crippen molar-refractivity contribution in [3.05, 3.63) is 48.2 Å². The van der Waals surface area contributed by atoms with Crippen LogP contribution < -0.4 is 0 Å². The maximum atomic E-state index is 5.76. The van der Waals surface area contributed by atoms with E-state index in [9.17, 15) is 0 Å². The number of hydrogen-bond acceptors (Lipinski definition) is 1. The number of fused-ring (bicyclic) bond motifs is 1. The molecular weight excluding hydrogens is 230 g/mol.